The van der Waals surface area contributed by atoms with E-state index in [1.807, 2.05) is 0 Å². The average Bonchev–Trinajstić information content (AvgIpc) is 2.60. The molecule has 0 bridgehead atoms. The van der Waals surface area contributed by atoms with Crippen LogP contribution in [0.1, 0.15) is 21.5 Å². The first kappa shape index (κ1) is 23.7. The molecule has 1 N–H and O–H groups in total. The van der Waals surface area contributed by atoms with Crippen molar-refractivity contribution in [2.45, 2.75) is 11.9 Å². The average molecular weight is 463 g/mol. The van der Waals surface area contributed by atoms with Gasteiger partial charge in [0.1, 0.15) is 0 Å². The van der Waals surface area contributed by atoms with Crippen molar-refractivity contribution in [2.24, 2.45) is 0 Å². The highest BCUT2D eigenvalue weighted by Crippen LogP contribution is 2.36. The van der Waals surface area contributed by atoms with Crippen LogP contribution in [0.15, 0.2) is 42.5 Å². The summed E-state index contributed by atoms with van der Waals surface area (Å²) in [5.74, 6) is -1.50. The number of carbonyl (C=O) groups excluding carboxylic acids is 2. The van der Waals surface area contributed by atoms with Crippen molar-refractivity contribution in [3.63, 3.8) is 0 Å². The van der Waals surface area contributed by atoms with Crippen LogP contribution in [-0.4, -0.2) is 45.0 Å². The molecule has 11 heteroatoms. The lowest BCUT2D eigenvalue weighted by atomic mass is 10.1. The number of halogens is 4. The van der Waals surface area contributed by atoms with Gasteiger partial charge in [0, 0.05) is 24.6 Å². The summed E-state index contributed by atoms with van der Waals surface area (Å²) in [7, 11) is -1.95. The Hall–Kier alpha value is -2.59. The van der Waals surface area contributed by atoms with E-state index in [-0.39, 0.29) is 17.0 Å². The number of likely N-dealkylation sites (N-methyl/N-ethyl adjacent to an activating group) is 1. The molecule has 0 unspecified atom stereocenters. The maximum absolute atomic E-state index is 12.9. The van der Waals surface area contributed by atoms with E-state index in [4.69, 9.17) is 11.6 Å². The van der Waals surface area contributed by atoms with Gasteiger partial charge < -0.3 is 10.2 Å². The molecule has 0 aliphatic rings. The Morgan fingerprint density at radius 1 is 1.13 bits per heavy atom. The van der Waals surface area contributed by atoms with E-state index in [9.17, 15) is 31.2 Å². The Bertz CT molecular complexity index is 1070. The van der Waals surface area contributed by atoms with E-state index in [1.165, 1.54) is 31.3 Å². The van der Waals surface area contributed by atoms with Gasteiger partial charge in [-0.1, -0.05) is 23.7 Å². The third kappa shape index (κ3) is 6.74. The Kier molecular flexibility index (Phi) is 7.14. The van der Waals surface area contributed by atoms with E-state index in [0.29, 0.717) is 11.6 Å². The summed E-state index contributed by atoms with van der Waals surface area (Å²) in [4.78, 5) is 25.7. The topological polar surface area (TPSA) is 83.6 Å². The van der Waals surface area contributed by atoms with Gasteiger partial charge in [0.25, 0.3) is 5.91 Å². The SMILES string of the molecule is CN(CC(=O)Nc1ccc(Cl)c(C(F)(F)F)c1)C(=O)c1cccc(CS(C)(=O)=O)c1. The normalized spacial score (nSPS) is 11.8. The summed E-state index contributed by atoms with van der Waals surface area (Å²) in [6, 6.07) is 8.89. The number of hydrogen-bond donors (Lipinski definition) is 1. The summed E-state index contributed by atoms with van der Waals surface area (Å²) in [6.07, 6.45) is -3.61. The molecule has 0 aromatic heterocycles. The molecule has 0 saturated carbocycles. The van der Waals surface area contributed by atoms with E-state index in [0.717, 1.165) is 17.2 Å². The fraction of sp³-hybridized carbons (Fsp3) is 0.263. The third-order valence-electron chi connectivity index (χ3n) is 3.89. The lowest BCUT2D eigenvalue weighted by Gasteiger charge is -2.18. The standard InChI is InChI=1S/C19H18ClF3N2O4S/c1-25(18(27)13-5-3-4-12(8-13)11-30(2,28)29)10-17(26)24-14-6-7-16(20)15(9-14)19(21,22)23/h3-9H,10-11H2,1-2H3,(H,24,26). The zero-order valence-corrected chi connectivity index (χ0v) is 17.5. The Morgan fingerprint density at radius 2 is 1.80 bits per heavy atom. The molecule has 0 atom stereocenters. The van der Waals surface area contributed by atoms with Crippen LogP contribution >= 0.6 is 11.6 Å². The molecule has 2 aromatic rings. The summed E-state index contributed by atoms with van der Waals surface area (Å²) >= 11 is 5.54. The fourth-order valence-electron chi connectivity index (χ4n) is 2.63. The Balaban J connectivity index is 2.07. The van der Waals surface area contributed by atoms with Crippen molar-refractivity contribution < 1.29 is 31.2 Å². The number of rotatable bonds is 6. The predicted octanol–water partition coefficient (Wildman–Crippen LogP) is 3.61. The molecule has 2 amide bonds. The number of anilines is 1. The van der Waals surface area contributed by atoms with Crippen LogP contribution in [0.2, 0.25) is 5.02 Å². The van der Waals surface area contributed by atoms with Gasteiger partial charge >= 0.3 is 6.18 Å². The maximum atomic E-state index is 12.9. The number of benzene rings is 2. The number of sulfone groups is 1. The first-order valence-electron chi connectivity index (χ1n) is 8.45. The monoisotopic (exact) mass is 462 g/mol. The minimum absolute atomic E-state index is 0.118. The second-order valence-electron chi connectivity index (χ2n) is 6.67. The highest BCUT2D eigenvalue weighted by Gasteiger charge is 2.33. The number of nitrogens with zero attached hydrogens (tertiary/aromatic N) is 1. The van der Waals surface area contributed by atoms with Crippen LogP contribution in [0, 0.1) is 0 Å². The number of amides is 2. The van der Waals surface area contributed by atoms with Crippen LogP contribution in [0.5, 0.6) is 0 Å². The van der Waals surface area contributed by atoms with E-state index in [2.05, 4.69) is 5.32 Å². The van der Waals surface area contributed by atoms with Crippen molar-refractivity contribution in [2.75, 3.05) is 25.2 Å². The Morgan fingerprint density at radius 3 is 2.40 bits per heavy atom. The molecule has 0 aliphatic carbocycles. The molecule has 2 rings (SSSR count). The number of hydrogen-bond acceptors (Lipinski definition) is 4. The van der Waals surface area contributed by atoms with Crippen LogP contribution in [0.25, 0.3) is 0 Å². The first-order valence-corrected chi connectivity index (χ1v) is 10.9. The van der Waals surface area contributed by atoms with Crippen molar-refractivity contribution in [1.29, 1.82) is 0 Å². The van der Waals surface area contributed by atoms with Gasteiger partial charge in [-0.15, -0.1) is 0 Å². The van der Waals surface area contributed by atoms with Gasteiger partial charge in [-0.05, 0) is 35.9 Å². The molecular weight excluding hydrogens is 445 g/mol. The molecule has 0 saturated heterocycles. The molecule has 0 radical (unpaired) electrons. The van der Waals surface area contributed by atoms with Crippen molar-refractivity contribution in [3.8, 4) is 0 Å². The van der Waals surface area contributed by atoms with Gasteiger partial charge in [-0.25, -0.2) is 8.42 Å². The molecule has 30 heavy (non-hydrogen) atoms. The van der Waals surface area contributed by atoms with Crippen LogP contribution in [-0.2, 0) is 26.6 Å². The highest BCUT2D eigenvalue weighted by molar-refractivity contribution is 7.89. The summed E-state index contributed by atoms with van der Waals surface area (Å²) < 4.78 is 61.6. The fourth-order valence-corrected chi connectivity index (χ4v) is 3.64. The molecule has 0 fully saturated rings. The molecule has 0 aliphatic heterocycles. The summed E-state index contributed by atoms with van der Waals surface area (Å²) in [6.45, 7) is -0.431. The molecule has 162 valence electrons. The van der Waals surface area contributed by atoms with Crippen LogP contribution in [0.3, 0.4) is 0 Å². The van der Waals surface area contributed by atoms with Gasteiger partial charge in [0.15, 0.2) is 9.84 Å². The van der Waals surface area contributed by atoms with Crippen LogP contribution < -0.4 is 5.32 Å². The van der Waals surface area contributed by atoms with Crippen molar-refractivity contribution in [1.82, 2.24) is 4.90 Å². The zero-order valence-electron chi connectivity index (χ0n) is 16.0. The number of carbonyl (C=O) groups is 2. The van der Waals surface area contributed by atoms with Gasteiger partial charge in [-0.3, -0.25) is 9.59 Å². The predicted molar refractivity (Wildman–Crippen MR) is 107 cm³/mol. The highest BCUT2D eigenvalue weighted by atomic mass is 35.5. The lowest BCUT2D eigenvalue weighted by Crippen LogP contribution is -2.35. The number of alkyl halides is 3. The second kappa shape index (κ2) is 9.05. The summed E-state index contributed by atoms with van der Waals surface area (Å²) in [5, 5.41) is 1.79. The minimum Gasteiger partial charge on any atom is -0.332 e. The largest absolute Gasteiger partial charge is 0.417 e. The zero-order chi connectivity index (χ0) is 22.7. The third-order valence-corrected chi connectivity index (χ3v) is 5.07. The van der Waals surface area contributed by atoms with E-state index in [1.54, 1.807) is 6.07 Å². The van der Waals surface area contributed by atoms with Gasteiger partial charge in [0.05, 0.1) is 22.9 Å². The van der Waals surface area contributed by atoms with Crippen molar-refractivity contribution >= 4 is 38.9 Å². The van der Waals surface area contributed by atoms with Gasteiger partial charge in [0.2, 0.25) is 5.91 Å². The second-order valence-corrected chi connectivity index (χ2v) is 9.22. The molecule has 0 spiro atoms. The maximum Gasteiger partial charge on any atom is 0.417 e. The van der Waals surface area contributed by atoms with E-state index >= 15 is 0 Å². The minimum atomic E-state index is -4.68. The van der Waals surface area contributed by atoms with Crippen LogP contribution in [0.4, 0.5) is 18.9 Å². The smallest absolute Gasteiger partial charge is 0.332 e. The summed E-state index contributed by atoms with van der Waals surface area (Å²) in [5.41, 5.74) is -0.610. The quantitative estimate of drug-likeness (QED) is 0.710. The Labute approximate surface area is 176 Å². The molecule has 0 heterocycles. The lowest BCUT2D eigenvalue weighted by molar-refractivity contribution is -0.137. The molecule has 6 nitrogen and oxygen atoms in total. The van der Waals surface area contributed by atoms with Gasteiger partial charge in [-0.2, -0.15) is 13.2 Å². The van der Waals surface area contributed by atoms with Crippen molar-refractivity contribution in [3.05, 3.63) is 64.2 Å². The number of nitrogens with one attached hydrogen (secondary N) is 1. The molecule has 2 aromatic carbocycles. The molecular formula is C19H18ClF3N2O4S. The first-order chi connectivity index (χ1) is 13.8. The van der Waals surface area contributed by atoms with E-state index < -0.39 is 45.0 Å².